The maximum absolute atomic E-state index is 13.9. The van der Waals surface area contributed by atoms with Crippen molar-refractivity contribution < 1.29 is 35.9 Å². The monoisotopic (exact) mass is 595 g/mol. The van der Waals surface area contributed by atoms with Gasteiger partial charge in [-0.15, -0.1) is 0 Å². The molecule has 0 aromatic heterocycles. The Hall–Kier alpha value is -2.55. The molecule has 11 nitrogen and oxygen atoms in total. The fourth-order valence-corrected chi connectivity index (χ4v) is 8.20. The number of ether oxygens (including phenoxy) is 2. The second-order valence-corrected chi connectivity index (χ2v) is 14.9. The van der Waals surface area contributed by atoms with Crippen molar-refractivity contribution in [1.29, 1.82) is 0 Å². The van der Waals surface area contributed by atoms with E-state index in [1.807, 2.05) is 31.2 Å². The van der Waals surface area contributed by atoms with Crippen LogP contribution in [0.1, 0.15) is 43.2 Å². The van der Waals surface area contributed by atoms with Crippen LogP contribution in [-0.2, 0) is 39.2 Å². The first kappa shape index (κ1) is 30.4. The highest BCUT2D eigenvalue weighted by Crippen LogP contribution is 2.41. The number of benzene rings is 2. The summed E-state index contributed by atoms with van der Waals surface area (Å²) < 4.78 is 65.4. The van der Waals surface area contributed by atoms with Crippen LogP contribution in [0.4, 0.5) is 0 Å². The quantitative estimate of drug-likeness (QED) is 0.438. The molecule has 2 heterocycles. The zero-order valence-corrected chi connectivity index (χ0v) is 24.7. The van der Waals surface area contributed by atoms with Crippen LogP contribution in [0, 0.1) is 6.92 Å². The van der Waals surface area contributed by atoms with Gasteiger partial charge in [-0.05, 0) is 56.0 Å². The van der Waals surface area contributed by atoms with Crippen LogP contribution in [0.2, 0.25) is 0 Å². The molecular weight excluding hydrogens is 558 g/mol. The van der Waals surface area contributed by atoms with Crippen molar-refractivity contribution in [2.24, 2.45) is 0 Å². The maximum Gasteiger partial charge on any atom is 0.281 e. The third-order valence-corrected chi connectivity index (χ3v) is 11.7. The molecule has 13 heteroatoms. The van der Waals surface area contributed by atoms with Crippen molar-refractivity contribution >= 4 is 26.0 Å². The van der Waals surface area contributed by atoms with Gasteiger partial charge in [-0.2, -0.15) is 17.0 Å². The van der Waals surface area contributed by atoms with E-state index in [1.165, 1.54) is 14.1 Å². The topological polar surface area (TPSA) is 132 Å². The average molecular weight is 596 g/mol. The lowest BCUT2D eigenvalue weighted by molar-refractivity contribution is -0.200. The summed E-state index contributed by atoms with van der Waals surface area (Å²) in [6.07, 6.45) is 1.25. The molecule has 2 saturated heterocycles. The van der Waals surface area contributed by atoms with Gasteiger partial charge in [0, 0.05) is 40.2 Å². The minimum Gasteiger partial charge on any atom is -0.457 e. The first-order chi connectivity index (χ1) is 18.9. The molecule has 4 rings (SSSR count). The summed E-state index contributed by atoms with van der Waals surface area (Å²) in [5.41, 5.74) is 3.83. The van der Waals surface area contributed by atoms with E-state index in [-0.39, 0.29) is 19.5 Å². The van der Waals surface area contributed by atoms with Crippen LogP contribution < -0.4 is 10.2 Å². The molecule has 2 aromatic carbocycles. The summed E-state index contributed by atoms with van der Waals surface area (Å²) in [5, 5.41) is 0. The van der Waals surface area contributed by atoms with Gasteiger partial charge in [-0.3, -0.25) is 4.79 Å². The van der Waals surface area contributed by atoms with E-state index < -0.39 is 49.2 Å². The molecule has 2 atom stereocenters. The highest BCUT2D eigenvalue weighted by atomic mass is 32.2. The lowest BCUT2D eigenvalue weighted by Crippen LogP contribution is -2.43. The number of sulfone groups is 1. The van der Waals surface area contributed by atoms with Gasteiger partial charge in [-0.1, -0.05) is 29.8 Å². The molecule has 0 saturated carbocycles. The normalized spacial score (nSPS) is 23.9. The Kier molecular flexibility index (Phi) is 9.53. The van der Waals surface area contributed by atoms with Gasteiger partial charge in [0.15, 0.2) is 16.1 Å². The summed E-state index contributed by atoms with van der Waals surface area (Å²) in [5.74, 6) is 0.0391. The van der Waals surface area contributed by atoms with E-state index in [2.05, 4.69) is 5.48 Å². The van der Waals surface area contributed by atoms with Crippen LogP contribution in [0.25, 0.3) is 0 Å². The third-order valence-electron chi connectivity index (χ3n) is 7.28. The van der Waals surface area contributed by atoms with Gasteiger partial charge in [0.2, 0.25) is 5.91 Å². The second kappa shape index (κ2) is 12.5. The molecule has 1 N–H and O–H groups in total. The number of hydrogen-bond donors (Lipinski definition) is 1. The van der Waals surface area contributed by atoms with Crippen molar-refractivity contribution in [3.63, 3.8) is 0 Å². The number of amides is 1. The van der Waals surface area contributed by atoms with Gasteiger partial charge in [-0.25, -0.2) is 18.7 Å². The Morgan fingerprint density at radius 2 is 1.73 bits per heavy atom. The Morgan fingerprint density at radius 1 is 1.07 bits per heavy atom. The van der Waals surface area contributed by atoms with Crippen LogP contribution in [0.5, 0.6) is 11.5 Å². The Morgan fingerprint density at radius 3 is 2.33 bits per heavy atom. The summed E-state index contributed by atoms with van der Waals surface area (Å²) in [6.45, 7) is 2.19. The van der Waals surface area contributed by atoms with Crippen molar-refractivity contribution in [2.75, 3.05) is 39.5 Å². The molecule has 2 unspecified atom stereocenters. The molecule has 0 radical (unpaired) electrons. The predicted octanol–water partition coefficient (Wildman–Crippen LogP) is 2.87. The molecule has 0 spiro atoms. The van der Waals surface area contributed by atoms with Gasteiger partial charge < -0.3 is 9.47 Å². The molecule has 0 aliphatic carbocycles. The zero-order chi connectivity index (χ0) is 29.0. The number of carbonyl (C=O) groups is 1. The molecule has 2 aliphatic heterocycles. The predicted molar refractivity (Wildman–Crippen MR) is 149 cm³/mol. The van der Waals surface area contributed by atoms with Gasteiger partial charge in [0.25, 0.3) is 10.2 Å². The summed E-state index contributed by atoms with van der Waals surface area (Å²) >= 11 is 0. The number of carbonyl (C=O) groups excluding carboxylic acids is 1. The average Bonchev–Trinajstić information content (AvgIpc) is 3.06. The van der Waals surface area contributed by atoms with E-state index in [0.717, 1.165) is 27.0 Å². The van der Waals surface area contributed by atoms with Crippen molar-refractivity contribution in [1.82, 2.24) is 14.1 Å². The van der Waals surface area contributed by atoms with E-state index in [4.69, 9.17) is 14.3 Å². The highest BCUT2D eigenvalue weighted by Gasteiger charge is 2.50. The van der Waals surface area contributed by atoms with Crippen LogP contribution >= 0.6 is 0 Å². The van der Waals surface area contributed by atoms with E-state index >= 15 is 0 Å². The van der Waals surface area contributed by atoms with Crippen LogP contribution in [-0.4, -0.2) is 77.2 Å². The lowest BCUT2D eigenvalue weighted by atomic mass is 9.90. The van der Waals surface area contributed by atoms with Crippen LogP contribution in [0.15, 0.2) is 48.5 Å². The Balaban J connectivity index is 1.63. The minimum absolute atomic E-state index is 0.0821. The number of nitrogens with zero attached hydrogens (tertiary/aromatic N) is 2. The van der Waals surface area contributed by atoms with E-state index in [0.29, 0.717) is 30.1 Å². The first-order valence-corrected chi connectivity index (χ1v) is 16.3. The summed E-state index contributed by atoms with van der Waals surface area (Å²) in [4.78, 5) is 18.6. The number of nitrogens with one attached hydrogen (secondary N) is 1. The number of aryl methyl sites for hydroxylation is 1. The fraction of sp³-hybridized carbons (Fsp3) is 0.519. The molecule has 2 fully saturated rings. The Bertz CT molecular complexity index is 1370. The van der Waals surface area contributed by atoms with Crippen molar-refractivity contribution in [2.45, 2.75) is 50.1 Å². The SMILES string of the molecule is Cc1ccc(Oc2ccc(C3(CC(=O)NOC4CCCCO4)CCN(S(=O)(=O)N(C)C)CCS3(=O)=O)cc2)cc1. The standard InChI is InChI=1S/C27H37N3O8S2/c1-21-7-11-23(12-8-21)37-24-13-9-22(10-14-24)27(20-25(31)28-38-26-6-4-5-18-36-26)15-16-30(17-19-39(27,32)33)40(34,35)29(2)3/h7-14,26H,4-6,15-20H2,1-3H3,(H,28,31). The molecule has 40 heavy (non-hydrogen) atoms. The molecule has 1 amide bonds. The largest absolute Gasteiger partial charge is 0.457 e. The van der Waals surface area contributed by atoms with Crippen LogP contribution in [0.3, 0.4) is 0 Å². The molecular formula is C27H37N3O8S2. The highest BCUT2D eigenvalue weighted by molar-refractivity contribution is 7.92. The molecule has 0 bridgehead atoms. The summed E-state index contributed by atoms with van der Waals surface area (Å²) in [6, 6.07) is 14.0. The first-order valence-electron chi connectivity index (χ1n) is 13.2. The number of hydroxylamine groups is 1. The molecule has 220 valence electrons. The smallest absolute Gasteiger partial charge is 0.281 e. The molecule has 2 aliphatic rings. The van der Waals surface area contributed by atoms with E-state index in [9.17, 15) is 21.6 Å². The molecule has 2 aromatic rings. The van der Waals surface area contributed by atoms with Crippen molar-refractivity contribution in [3.8, 4) is 11.5 Å². The Labute approximate surface area is 236 Å². The second-order valence-electron chi connectivity index (χ2n) is 10.3. The van der Waals surface area contributed by atoms with Gasteiger partial charge >= 0.3 is 0 Å². The van der Waals surface area contributed by atoms with E-state index in [1.54, 1.807) is 24.3 Å². The lowest BCUT2D eigenvalue weighted by Gasteiger charge is -2.32. The van der Waals surface area contributed by atoms with Gasteiger partial charge in [0.1, 0.15) is 16.2 Å². The summed E-state index contributed by atoms with van der Waals surface area (Å²) in [7, 11) is -5.09. The maximum atomic E-state index is 13.9. The third kappa shape index (κ3) is 6.84. The number of hydrogen-bond acceptors (Lipinski definition) is 8. The van der Waals surface area contributed by atoms with Crippen molar-refractivity contribution in [3.05, 3.63) is 59.7 Å². The van der Waals surface area contributed by atoms with Gasteiger partial charge in [0.05, 0.1) is 12.2 Å². The number of rotatable bonds is 9. The minimum atomic E-state index is -4.02. The fourth-order valence-electron chi connectivity index (χ4n) is 4.88. The zero-order valence-electron chi connectivity index (χ0n) is 23.0.